The number of carbonyl (C=O) groups excluding carboxylic acids is 1. The average molecular weight is 372 g/mol. The van der Waals surface area contributed by atoms with Gasteiger partial charge in [-0.15, -0.1) is 0 Å². The first kappa shape index (κ1) is 19.2. The summed E-state index contributed by atoms with van der Waals surface area (Å²) in [5.41, 5.74) is 4.98. The molecule has 0 aromatic heterocycles. The number of nitrogens with one attached hydrogen (secondary N) is 2. The Morgan fingerprint density at radius 2 is 1.92 bits per heavy atom. The molecular weight excluding hydrogens is 354 g/mol. The molecule has 0 bridgehead atoms. The van der Waals surface area contributed by atoms with Crippen LogP contribution in [0, 0.1) is 0 Å². The van der Waals surface area contributed by atoms with Crippen LogP contribution in [0.1, 0.15) is 12.5 Å². The van der Waals surface area contributed by atoms with Gasteiger partial charge < -0.3 is 24.7 Å². The Balaban J connectivity index is 1.94. The Bertz CT molecular complexity index is 806. The molecule has 136 valence electrons. The zero-order chi connectivity index (χ0) is 18.9. The molecular formula is C18H18N3O4S-. The Labute approximate surface area is 156 Å². The van der Waals surface area contributed by atoms with Crippen molar-refractivity contribution >= 4 is 34.7 Å². The number of thiocarbonyl (C=S) groups is 1. The summed E-state index contributed by atoms with van der Waals surface area (Å²) >= 11 is 5.20. The molecule has 8 heteroatoms. The number of aliphatic carboxylic acids is 1. The molecule has 0 saturated carbocycles. The minimum absolute atomic E-state index is 0.332. The van der Waals surface area contributed by atoms with Crippen molar-refractivity contribution < 1.29 is 19.4 Å². The maximum absolute atomic E-state index is 10.5. The van der Waals surface area contributed by atoms with Gasteiger partial charge in [0.15, 0.2) is 5.11 Å². The fraction of sp³-hybridized carbons (Fsp3) is 0.167. The molecule has 0 fully saturated rings. The quantitative estimate of drug-likeness (QED) is 0.432. The second-order valence-electron chi connectivity index (χ2n) is 5.18. The third kappa shape index (κ3) is 6.06. The first-order chi connectivity index (χ1) is 12.5. The van der Waals surface area contributed by atoms with Crippen molar-refractivity contribution in [1.82, 2.24) is 5.43 Å². The molecule has 0 unspecified atom stereocenters. The minimum atomic E-state index is -1.28. The molecule has 2 aromatic rings. The number of carbonyl (C=O) groups is 1. The fourth-order valence-corrected chi connectivity index (χ4v) is 2.15. The first-order valence-electron chi connectivity index (χ1n) is 7.66. The van der Waals surface area contributed by atoms with E-state index in [1.165, 1.54) is 0 Å². The van der Waals surface area contributed by atoms with Crippen molar-refractivity contribution in [2.75, 3.05) is 19.0 Å². The van der Waals surface area contributed by atoms with E-state index in [2.05, 4.69) is 15.8 Å². The van der Waals surface area contributed by atoms with Gasteiger partial charge in [-0.25, -0.2) is 0 Å². The number of anilines is 1. The van der Waals surface area contributed by atoms with Gasteiger partial charge in [-0.1, -0.05) is 12.1 Å². The zero-order valence-electron chi connectivity index (χ0n) is 14.3. The maximum Gasteiger partial charge on any atom is 0.191 e. The summed E-state index contributed by atoms with van der Waals surface area (Å²) in [5.74, 6) is -0.110. The van der Waals surface area contributed by atoms with Crippen molar-refractivity contribution in [2.24, 2.45) is 5.10 Å². The number of hydrogen-bond donors (Lipinski definition) is 2. The Morgan fingerprint density at radius 1 is 1.19 bits per heavy atom. The highest BCUT2D eigenvalue weighted by atomic mass is 32.1. The van der Waals surface area contributed by atoms with Crippen LogP contribution in [0.5, 0.6) is 11.5 Å². The lowest BCUT2D eigenvalue weighted by molar-refractivity contribution is -0.307. The number of benzene rings is 2. The number of carboxylic acids is 1. The van der Waals surface area contributed by atoms with Crippen LogP contribution < -0.4 is 25.3 Å². The smallest absolute Gasteiger partial charge is 0.191 e. The molecule has 2 N–H and O–H groups in total. The normalized spacial score (nSPS) is 10.8. The number of hydrogen-bond acceptors (Lipinski definition) is 6. The predicted molar refractivity (Wildman–Crippen MR) is 102 cm³/mol. The lowest BCUT2D eigenvalue weighted by Crippen LogP contribution is -2.29. The van der Waals surface area contributed by atoms with Gasteiger partial charge in [0.2, 0.25) is 0 Å². The average Bonchev–Trinajstić information content (AvgIpc) is 2.65. The van der Waals surface area contributed by atoms with Gasteiger partial charge >= 0.3 is 0 Å². The van der Waals surface area contributed by atoms with E-state index < -0.39 is 12.6 Å². The molecule has 0 amide bonds. The van der Waals surface area contributed by atoms with Gasteiger partial charge in [0.1, 0.15) is 18.1 Å². The Morgan fingerprint density at radius 3 is 2.58 bits per heavy atom. The maximum atomic E-state index is 10.5. The number of methoxy groups -OCH3 is 1. The summed E-state index contributed by atoms with van der Waals surface area (Å²) in [5, 5.41) is 18.0. The Hall–Kier alpha value is -3.13. The molecule has 0 aliphatic carbocycles. The summed E-state index contributed by atoms with van der Waals surface area (Å²) < 4.78 is 10.2. The van der Waals surface area contributed by atoms with Crippen LogP contribution >= 0.6 is 12.2 Å². The van der Waals surface area contributed by atoms with Crippen LogP contribution in [0.4, 0.5) is 5.69 Å². The van der Waals surface area contributed by atoms with Crippen LogP contribution in [0.2, 0.25) is 0 Å². The molecule has 0 radical (unpaired) electrons. The molecule has 7 nitrogen and oxygen atoms in total. The van der Waals surface area contributed by atoms with Gasteiger partial charge in [0, 0.05) is 11.3 Å². The highest BCUT2D eigenvalue weighted by molar-refractivity contribution is 7.80. The van der Waals surface area contributed by atoms with Crippen molar-refractivity contribution in [3.05, 3.63) is 54.1 Å². The molecule has 0 spiro atoms. The number of carboxylic acid groups (broad SMARTS) is 1. The highest BCUT2D eigenvalue weighted by Gasteiger charge is 2.02. The van der Waals surface area contributed by atoms with E-state index in [9.17, 15) is 9.90 Å². The molecule has 0 aliphatic heterocycles. The van der Waals surface area contributed by atoms with E-state index in [1.807, 2.05) is 30.3 Å². The first-order valence-corrected chi connectivity index (χ1v) is 8.07. The molecule has 2 rings (SSSR count). The van der Waals surface area contributed by atoms with Gasteiger partial charge in [-0.3, -0.25) is 5.43 Å². The Kier molecular flexibility index (Phi) is 6.92. The summed E-state index contributed by atoms with van der Waals surface area (Å²) in [4.78, 5) is 10.5. The lowest BCUT2D eigenvalue weighted by atomic mass is 10.1. The van der Waals surface area contributed by atoms with E-state index in [0.29, 0.717) is 16.6 Å². The molecule has 2 aromatic carbocycles. The van der Waals surface area contributed by atoms with Crippen LogP contribution in [-0.4, -0.2) is 30.5 Å². The number of nitrogens with zero attached hydrogens (tertiary/aromatic N) is 1. The van der Waals surface area contributed by atoms with Crippen LogP contribution in [0.25, 0.3) is 0 Å². The SMILES string of the molecule is COc1ccc(NC(=S)N/N=C(/C)c2cccc(OCC(=O)[O-])c2)cc1. The van der Waals surface area contributed by atoms with E-state index in [-0.39, 0.29) is 0 Å². The third-order valence-corrected chi connectivity index (χ3v) is 3.47. The van der Waals surface area contributed by atoms with Crippen LogP contribution in [-0.2, 0) is 4.79 Å². The highest BCUT2D eigenvalue weighted by Crippen LogP contribution is 2.15. The lowest BCUT2D eigenvalue weighted by Gasteiger charge is -2.10. The van der Waals surface area contributed by atoms with Crippen molar-refractivity contribution in [3.63, 3.8) is 0 Å². The molecule has 0 saturated heterocycles. The number of hydrazone groups is 1. The summed E-state index contributed by atoms with van der Waals surface area (Å²) in [6.07, 6.45) is 0. The van der Waals surface area contributed by atoms with Crippen LogP contribution in [0.15, 0.2) is 53.6 Å². The second kappa shape index (κ2) is 9.38. The topological polar surface area (TPSA) is 95.0 Å². The second-order valence-corrected chi connectivity index (χ2v) is 5.59. The fourth-order valence-electron chi connectivity index (χ4n) is 1.99. The molecule has 0 atom stereocenters. The third-order valence-electron chi connectivity index (χ3n) is 3.28. The van der Waals surface area contributed by atoms with Gasteiger partial charge in [0.05, 0.1) is 18.8 Å². The number of ether oxygens (including phenoxy) is 2. The van der Waals surface area contributed by atoms with Crippen LogP contribution in [0.3, 0.4) is 0 Å². The van der Waals surface area contributed by atoms with Crippen molar-refractivity contribution in [2.45, 2.75) is 6.92 Å². The van der Waals surface area contributed by atoms with Gasteiger partial charge in [-0.2, -0.15) is 5.10 Å². The van der Waals surface area contributed by atoms with Crippen molar-refractivity contribution in [1.29, 1.82) is 0 Å². The summed E-state index contributed by atoms with van der Waals surface area (Å²) in [7, 11) is 1.60. The largest absolute Gasteiger partial charge is 0.546 e. The summed E-state index contributed by atoms with van der Waals surface area (Å²) in [6, 6.07) is 14.2. The minimum Gasteiger partial charge on any atom is -0.546 e. The van der Waals surface area contributed by atoms with E-state index in [0.717, 1.165) is 17.0 Å². The molecule has 0 aliphatic rings. The number of rotatable bonds is 7. The van der Waals surface area contributed by atoms with Gasteiger partial charge in [-0.05, 0) is 55.5 Å². The predicted octanol–water partition coefficient (Wildman–Crippen LogP) is 1.53. The molecule has 0 heterocycles. The van der Waals surface area contributed by atoms with E-state index in [1.54, 1.807) is 32.2 Å². The van der Waals surface area contributed by atoms with Crippen molar-refractivity contribution in [3.8, 4) is 11.5 Å². The van der Waals surface area contributed by atoms with E-state index in [4.69, 9.17) is 21.7 Å². The zero-order valence-corrected chi connectivity index (χ0v) is 15.1. The van der Waals surface area contributed by atoms with E-state index >= 15 is 0 Å². The monoisotopic (exact) mass is 372 g/mol. The standard InChI is InChI=1S/C18H19N3O4S/c1-12(13-4-3-5-16(10-13)25-11-17(22)23)20-21-18(26)19-14-6-8-15(24-2)9-7-14/h3-10H,11H2,1-2H3,(H,22,23)(H2,19,21,26)/p-1/b20-12-. The summed E-state index contributed by atoms with van der Waals surface area (Å²) in [6.45, 7) is 1.29. The molecule has 26 heavy (non-hydrogen) atoms. The van der Waals surface area contributed by atoms with Gasteiger partial charge in [0.25, 0.3) is 0 Å².